The van der Waals surface area contributed by atoms with Crippen molar-refractivity contribution < 1.29 is 6.17 Å². The third-order valence-electron chi connectivity index (χ3n) is 2.63. The van der Waals surface area contributed by atoms with Gasteiger partial charge in [0.1, 0.15) is 0 Å². The molecule has 0 fully saturated rings. The van der Waals surface area contributed by atoms with Gasteiger partial charge in [0.25, 0.3) is 0 Å². The largest absolute Gasteiger partial charge is 0.295 e. The van der Waals surface area contributed by atoms with Gasteiger partial charge < -0.3 is 0 Å². The van der Waals surface area contributed by atoms with Gasteiger partial charge >= 0.3 is 0 Å². The molecule has 0 radical (unpaired) electrons. The van der Waals surface area contributed by atoms with Crippen molar-refractivity contribution in [3.63, 3.8) is 0 Å². The second-order valence-corrected chi connectivity index (χ2v) is 3.88. The van der Waals surface area contributed by atoms with E-state index in [1.54, 1.807) is 6.92 Å². The smallest absolute Gasteiger partial charge is 0.160 e. The molecule has 2 rings (SSSR count). The molecule has 102 valence electrons. The highest BCUT2D eigenvalue weighted by molar-refractivity contribution is 5.95. The minimum absolute atomic E-state index is 0.131. The van der Waals surface area contributed by atoms with E-state index in [0.717, 1.165) is 17.5 Å². The normalized spacial score (nSPS) is 9.16. The number of Topliss-reactive ketones (excluding diaryl/α,β-unsaturated/α-hetero) is 1. The SMILES string of the molecule is CC.CC(=O)c1ccccc1Cc1ccccc1.[2H]C. The molecule has 0 aliphatic rings. The number of hydrogen-bond donors (Lipinski definition) is 0. The van der Waals surface area contributed by atoms with Crippen LogP contribution in [0.4, 0.5) is 0 Å². The van der Waals surface area contributed by atoms with Crippen LogP contribution in [0.3, 0.4) is 0 Å². The summed E-state index contributed by atoms with van der Waals surface area (Å²) >= 11 is 0. The maximum atomic E-state index is 11.5. The molecule has 0 bridgehead atoms. The van der Waals surface area contributed by atoms with Crippen LogP contribution in [0, 0.1) is 0 Å². The number of benzene rings is 2. The van der Waals surface area contributed by atoms with Crippen molar-refractivity contribution >= 4 is 5.78 Å². The first-order valence-corrected chi connectivity index (χ1v) is 6.40. The summed E-state index contributed by atoms with van der Waals surface area (Å²) in [5.41, 5.74) is 3.16. The highest BCUT2D eigenvalue weighted by atomic mass is 16.1. The molecule has 0 atom stereocenters. The van der Waals surface area contributed by atoms with E-state index in [1.807, 2.05) is 56.3 Å². The Balaban J connectivity index is 0.000000829. The van der Waals surface area contributed by atoms with Crippen molar-refractivity contribution in [1.29, 1.82) is 0 Å². The van der Waals surface area contributed by atoms with E-state index >= 15 is 0 Å². The maximum Gasteiger partial charge on any atom is 0.160 e. The number of hydrogen-bond acceptors (Lipinski definition) is 1. The molecule has 0 aromatic heterocycles. The van der Waals surface area contributed by atoms with Crippen LogP contribution in [0.1, 0.15) is 51.0 Å². The fraction of sp³-hybridized carbons (Fsp3) is 0.278. The van der Waals surface area contributed by atoms with Crippen molar-refractivity contribution in [2.45, 2.75) is 34.6 Å². The third kappa shape index (κ3) is 5.09. The Morgan fingerprint density at radius 1 is 1.00 bits per heavy atom. The Hall–Kier alpha value is -1.89. The lowest BCUT2D eigenvalue weighted by molar-refractivity contribution is 0.101. The van der Waals surface area contributed by atoms with E-state index in [-0.39, 0.29) is 5.78 Å². The van der Waals surface area contributed by atoms with Gasteiger partial charge in [0.05, 0.1) is 0 Å². The molecule has 0 saturated carbocycles. The summed E-state index contributed by atoms with van der Waals surface area (Å²) in [6, 6.07) is 18.0. The number of ketones is 1. The Bertz CT molecular complexity index is 492. The predicted octanol–water partition coefficient (Wildman–Crippen LogP) is 5.14. The summed E-state index contributed by atoms with van der Waals surface area (Å²) in [6.45, 7) is 5.61. The van der Waals surface area contributed by atoms with E-state index in [0.29, 0.717) is 0 Å². The maximum absolute atomic E-state index is 11.5. The molecule has 0 unspecified atom stereocenters. The average molecular weight is 257 g/mol. The van der Waals surface area contributed by atoms with Gasteiger partial charge in [-0.1, -0.05) is 75.8 Å². The van der Waals surface area contributed by atoms with Gasteiger partial charge in [0, 0.05) is 6.93 Å². The topological polar surface area (TPSA) is 17.1 Å². The fourth-order valence-corrected chi connectivity index (χ4v) is 1.83. The molecule has 0 aliphatic carbocycles. The number of carbonyl (C=O) groups excluding carboxylic acids is 1. The van der Waals surface area contributed by atoms with Crippen molar-refractivity contribution in [2.75, 3.05) is 0 Å². The zero-order valence-corrected chi connectivity index (χ0v) is 12.3. The zero-order chi connectivity index (χ0) is 15.4. The van der Waals surface area contributed by atoms with Crippen LogP contribution in [0.15, 0.2) is 54.6 Å². The first kappa shape index (κ1) is 15.2. The monoisotopic (exact) mass is 257 g/mol. The second kappa shape index (κ2) is 9.09. The van der Waals surface area contributed by atoms with Gasteiger partial charge in [-0.2, -0.15) is 0 Å². The molecule has 0 amide bonds. The minimum atomic E-state index is 0.131. The molecule has 1 nitrogen and oxygen atoms in total. The van der Waals surface area contributed by atoms with Crippen LogP contribution in [0.25, 0.3) is 0 Å². The molecule has 0 saturated heterocycles. The first-order valence-electron chi connectivity index (χ1n) is 7.40. The van der Waals surface area contributed by atoms with Gasteiger partial charge in [-0.3, -0.25) is 4.79 Å². The van der Waals surface area contributed by atoms with Gasteiger partial charge in [-0.25, -0.2) is 0 Å². The molecule has 19 heavy (non-hydrogen) atoms. The van der Waals surface area contributed by atoms with Crippen molar-refractivity contribution in [3.05, 3.63) is 71.3 Å². The summed E-state index contributed by atoms with van der Waals surface area (Å²) in [6.07, 6.45) is 0.816. The van der Waals surface area contributed by atoms with Gasteiger partial charge in [0.15, 0.2) is 5.78 Å². The summed E-state index contributed by atoms with van der Waals surface area (Å²) in [5, 5.41) is 0. The van der Waals surface area contributed by atoms with Crippen LogP contribution in [-0.2, 0) is 6.42 Å². The molecule has 2 aromatic rings. The van der Waals surface area contributed by atoms with Gasteiger partial charge in [-0.05, 0) is 24.5 Å². The number of rotatable bonds is 3. The number of carbonyl (C=O) groups is 1. The first-order chi connectivity index (χ1) is 9.77. The van der Waals surface area contributed by atoms with E-state index in [4.69, 9.17) is 1.37 Å². The van der Waals surface area contributed by atoms with Crippen molar-refractivity contribution in [3.8, 4) is 0 Å². The summed E-state index contributed by atoms with van der Waals surface area (Å²) in [7, 11) is 1.25. The van der Waals surface area contributed by atoms with Crippen molar-refractivity contribution in [2.24, 2.45) is 0 Å². The fourth-order valence-electron chi connectivity index (χ4n) is 1.83. The van der Waals surface area contributed by atoms with Crippen LogP contribution < -0.4 is 0 Å². The second-order valence-electron chi connectivity index (χ2n) is 3.88. The Labute approximate surface area is 118 Å². The van der Waals surface area contributed by atoms with Gasteiger partial charge in [0.2, 0.25) is 0 Å². The molecule has 0 N–H and O–H groups in total. The quantitative estimate of drug-likeness (QED) is 0.696. The molecule has 0 aliphatic heterocycles. The zero-order valence-electron chi connectivity index (χ0n) is 13.3. The lowest BCUT2D eigenvalue weighted by Crippen LogP contribution is -1.99. The molecular formula is C18H24O. The summed E-state index contributed by atoms with van der Waals surface area (Å²) in [5.74, 6) is 0.131. The van der Waals surface area contributed by atoms with Crippen molar-refractivity contribution in [1.82, 2.24) is 0 Å². The lowest BCUT2D eigenvalue weighted by Gasteiger charge is -2.06. The van der Waals surface area contributed by atoms with Crippen LogP contribution in [-0.4, -0.2) is 5.78 Å². The van der Waals surface area contributed by atoms with E-state index < -0.39 is 0 Å². The minimum Gasteiger partial charge on any atom is -0.295 e. The van der Waals surface area contributed by atoms with Crippen LogP contribution in [0.5, 0.6) is 0 Å². The Morgan fingerprint density at radius 3 is 2.11 bits per heavy atom. The third-order valence-corrected chi connectivity index (χ3v) is 2.63. The highest BCUT2D eigenvalue weighted by Gasteiger charge is 2.06. The average Bonchev–Trinajstić information content (AvgIpc) is 2.52. The molecule has 0 heterocycles. The molecule has 0 spiro atoms. The molecular weight excluding hydrogens is 232 g/mol. The van der Waals surface area contributed by atoms with Gasteiger partial charge in [-0.15, -0.1) is 0 Å². The summed E-state index contributed by atoms with van der Waals surface area (Å²) < 4.78 is 5.75. The Kier molecular flexibility index (Phi) is 7.26. The van der Waals surface area contributed by atoms with E-state index in [2.05, 4.69) is 12.1 Å². The molecule has 1 heteroatoms. The lowest BCUT2D eigenvalue weighted by atomic mass is 9.98. The Morgan fingerprint density at radius 2 is 1.53 bits per heavy atom. The predicted molar refractivity (Wildman–Crippen MR) is 83.8 cm³/mol. The molecule has 2 aromatic carbocycles. The standard InChI is InChI=1S/C15H14O.C2H6.CH4/c1-12(16)15-10-6-5-9-14(15)11-13-7-3-2-4-8-13;1-2;/h2-10H,11H2,1H3;1-2H3;1H4/i;;1D. The van der Waals surface area contributed by atoms with E-state index in [9.17, 15) is 4.79 Å². The van der Waals surface area contributed by atoms with Crippen LogP contribution in [0.2, 0.25) is 0 Å². The summed E-state index contributed by atoms with van der Waals surface area (Å²) in [4.78, 5) is 11.5. The van der Waals surface area contributed by atoms with Crippen LogP contribution >= 0.6 is 0 Å². The van der Waals surface area contributed by atoms with E-state index in [1.165, 1.54) is 13.0 Å². The highest BCUT2D eigenvalue weighted by Crippen LogP contribution is 2.14.